The summed E-state index contributed by atoms with van der Waals surface area (Å²) in [5.41, 5.74) is 0. The summed E-state index contributed by atoms with van der Waals surface area (Å²) >= 11 is 0. The Labute approximate surface area is 243 Å². The zero-order chi connectivity index (χ0) is 27.8. The number of unbranched alkanes of at least 4 members (excludes halogenated alkanes) is 8. The molecular formula is C32H68ClNO4. The highest BCUT2D eigenvalue weighted by Crippen LogP contribution is 2.21. The predicted molar refractivity (Wildman–Crippen MR) is 159 cm³/mol. The van der Waals surface area contributed by atoms with Crippen molar-refractivity contribution < 1.29 is 37.3 Å². The van der Waals surface area contributed by atoms with Crippen LogP contribution in [0.5, 0.6) is 0 Å². The second-order valence-electron chi connectivity index (χ2n) is 12.0. The normalized spacial score (nSPS) is 16.4. The minimum Gasteiger partial charge on any atom is -1.00 e. The first-order valence-electron chi connectivity index (χ1n) is 16.4. The topological polar surface area (TPSA) is 80.9 Å². The molecule has 5 nitrogen and oxygen atoms in total. The Hall–Kier alpha value is 0.0900. The lowest BCUT2D eigenvalue weighted by atomic mass is 10.0. The van der Waals surface area contributed by atoms with E-state index in [1.54, 1.807) is 0 Å². The molecule has 0 radical (unpaired) electrons. The van der Waals surface area contributed by atoms with Crippen molar-refractivity contribution in [2.75, 3.05) is 26.2 Å². The van der Waals surface area contributed by atoms with Crippen LogP contribution in [0.15, 0.2) is 0 Å². The maximum atomic E-state index is 10.7. The van der Waals surface area contributed by atoms with E-state index in [0.717, 1.165) is 159 Å². The number of nitrogens with zero attached hydrogens (tertiary/aromatic N) is 1. The summed E-state index contributed by atoms with van der Waals surface area (Å²) in [7, 11) is 0. The first-order valence-corrected chi connectivity index (χ1v) is 16.4. The number of hydrogen-bond donors (Lipinski definition) is 4. The Bertz CT molecular complexity index is 397. The van der Waals surface area contributed by atoms with Gasteiger partial charge in [-0.15, -0.1) is 0 Å². The van der Waals surface area contributed by atoms with Gasteiger partial charge in [0, 0.05) is 25.7 Å². The number of aliphatic hydroxyl groups excluding tert-OH is 4. The van der Waals surface area contributed by atoms with Gasteiger partial charge in [0.25, 0.3) is 0 Å². The number of halogens is 1. The summed E-state index contributed by atoms with van der Waals surface area (Å²) in [4.78, 5) is 0. The Morgan fingerprint density at radius 2 is 0.579 bits per heavy atom. The smallest absolute Gasteiger partial charge is 0.0811 e. The van der Waals surface area contributed by atoms with E-state index in [9.17, 15) is 20.4 Å². The highest BCUT2D eigenvalue weighted by molar-refractivity contribution is 4.65. The Balaban J connectivity index is 0. The van der Waals surface area contributed by atoms with Gasteiger partial charge in [-0.05, 0) is 25.7 Å². The lowest BCUT2D eigenvalue weighted by Gasteiger charge is -2.41. The van der Waals surface area contributed by atoms with Gasteiger partial charge in [0.05, 0.1) is 50.6 Å². The van der Waals surface area contributed by atoms with Crippen molar-refractivity contribution in [3.8, 4) is 0 Å². The standard InChI is InChI=1S/C32H68NO4.ClH/c1-5-9-13-17-29(34)21-25-33(26-22-30(35)18-14-10-6-2,27-23-31(36)19-15-11-7-3)28-24-32(37)20-16-12-8-4;/h29-32,34-37H,5-28H2,1-4H3;1H/q+1;/p-1. The molecule has 232 valence electrons. The SMILES string of the molecule is CCCCCC(O)CC[N+](CCC(O)CCCCC)(CCC(O)CCCCC)CCC(O)CCCCC.[Cl-]. The van der Waals surface area contributed by atoms with Crippen molar-refractivity contribution in [2.24, 2.45) is 0 Å². The van der Waals surface area contributed by atoms with E-state index >= 15 is 0 Å². The summed E-state index contributed by atoms with van der Waals surface area (Å²) in [5.74, 6) is 0. The van der Waals surface area contributed by atoms with E-state index in [4.69, 9.17) is 0 Å². The van der Waals surface area contributed by atoms with E-state index in [0.29, 0.717) is 0 Å². The van der Waals surface area contributed by atoms with E-state index in [2.05, 4.69) is 27.7 Å². The summed E-state index contributed by atoms with van der Waals surface area (Å²) in [6.45, 7) is 12.2. The molecule has 0 aromatic carbocycles. The van der Waals surface area contributed by atoms with Crippen LogP contribution in [0.25, 0.3) is 0 Å². The van der Waals surface area contributed by atoms with Crippen LogP contribution in [0, 0.1) is 0 Å². The van der Waals surface area contributed by atoms with Crippen molar-refractivity contribution >= 4 is 0 Å². The second kappa shape index (κ2) is 27.3. The van der Waals surface area contributed by atoms with E-state index in [-0.39, 0.29) is 36.8 Å². The minimum absolute atomic E-state index is 0. The maximum Gasteiger partial charge on any atom is 0.0811 e. The Morgan fingerprint density at radius 3 is 0.763 bits per heavy atom. The van der Waals surface area contributed by atoms with Crippen molar-refractivity contribution in [2.45, 2.75) is 181 Å². The van der Waals surface area contributed by atoms with Crippen molar-refractivity contribution in [3.05, 3.63) is 0 Å². The molecule has 0 rings (SSSR count). The molecule has 4 atom stereocenters. The van der Waals surface area contributed by atoms with Crippen LogP contribution >= 0.6 is 0 Å². The third-order valence-corrected chi connectivity index (χ3v) is 8.31. The third-order valence-electron chi connectivity index (χ3n) is 8.31. The largest absolute Gasteiger partial charge is 1.00 e. The van der Waals surface area contributed by atoms with Crippen LogP contribution in [0.3, 0.4) is 0 Å². The minimum atomic E-state index is -0.289. The highest BCUT2D eigenvalue weighted by atomic mass is 35.5. The van der Waals surface area contributed by atoms with Crippen molar-refractivity contribution in [1.82, 2.24) is 0 Å². The average molecular weight is 566 g/mol. The van der Waals surface area contributed by atoms with Crippen LogP contribution < -0.4 is 12.4 Å². The molecule has 0 aromatic rings. The molecule has 0 bridgehead atoms. The second-order valence-corrected chi connectivity index (χ2v) is 12.0. The summed E-state index contributed by atoms with van der Waals surface area (Å²) in [6.07, 6.45) is 18.9. The molecule has 0 spiro atoms. The zero-order valence-electron chi connectivity index (χ0n) is 25.9. The summed E-state index contributed by atoms with van der Waals surface area (Å²) in [6, 6.07) is 0. The van der Waals surface area contributed by atoms with Gasteiger partial charge in [-0.2, -0.15) is 0 Å². The summed E-state index contributed by atoms with van der Waals surface area (Å²) in [5, 5.41) is 43.0. The highest BCUT2D eigenvalue weighted by Gasteiger charge is 2.30. The maximum absolute atomic E-state index is 10.7. The number of aliphatic hydroxyl groups is 4. The van der Waals surface area contributed by atoms with Gasteiger partial charge < -0.3 is 37.3 Å². The first-order chi connectivity index (χ1) is 17.8. The Kier molecular flexibility index (Phi) is 28.9. The molecule has 0 aliphatic heterocycles. The van der Waals surface area contributed by atoms with E-state index in [1.165, 1.54) is 0 Å². The average Bonchev–Trinajstić information content (AvgIpc) is 2.88. The van der Waals surface area contributed by atoms with Crippen LogP contribution in [0.4, 0.5) is 0 Å². The molecule has 0 aromatic heterocycles. The van der Waals surface area contributed by atoms with Gasteiger partial charge in [-0.3, -0.25) is 0 Å². The fourth-order valence-electron chi connectivity index (χ4n) is 5.46. The first kappa shape index (κ1) is 40.2. The third kappa shape index (κ3) is 22.9. The van der Waals surface area contributed by atoms with Crippen LogP contribution in [0.2, 0.25) is 0 Å². The zero-order valence-corrected chi connectivity index (χ0v) is 26.6. The summed E-state index contributed by atoms with van der Waals surface area (Å²) < 4.78 is 0.797. The van der Waals surface area contributed by atoms with Gasteiger partial charge in [-0.1, -0.05) is 105 Å². The molecule has 6 heteroatoms. The van der Waals surface area contributed by atoms with Crippen LogP contribution in [-0.4, -0.2) is 75.5 Å². The fraction of sp³-hybridized carbons (Fsp3) is 1.00. The molecule has 0 saturated heterocycles. The number of rotatable bonds is 28. The lowest BCUT2D eigenvalue weighted by Crippen LogP contribution is -3.00. The van der Waals surface area contributed by atoms with Gasteiger partial charge >= 0.3 is 0 Å². The van der Waals surface area contributed by atoms with Crippen LogP contribution in [0.1, 0.15) is 156 Å². The van der Waals surface area contributed by atoms with E-state index < -0.39 is 0 Å². The number of quaternary nitrogens is 1. The van der Waals surface area contributed by atoms with Gasteiger partial charge in [-0.25, -0.2) is 0 Å². The molecule has 0 heterocycles. The quantitative estimate of drug-likeness (QED) is 0.0849. The molecule has 4 unspecified atom stereocenters. The molecular weight excluding hydrogens is 498 g/mol. The molecule has 0 saturated carbocycles. The predicted octanol–water partition coefficient (Wildman–Crippen LogP) is 4.13. The number of hydrogen-bond acceptors (Lipinski definition) is 4. The Morgan fingerprint density at radius 1 is 0.368 bits per heavy atom. The van der Waals surface area contributed by atoms with E-state index in [1.807, 2.05) is 0 Å². The lowest BCUT2D eigenvalue weighted by molar-refractivity contribution is -0.930. The van der Waals surface area contributed by atoms with Crippen molar-refractivity contribution in [1.29, 1.82) is 0 Å². The molecule has 0 fully saturated rings. The van der Waals surface area contributed by atoms with Gasteiger partial charge in [0.1, 0.15) is 0 Å². The molecule has 0 aliphatic carbocycles. The van der Waals surface area contributed by atoms with Gasteiger partial charge in [0.15, 0.2) is 0 Å². The monoisotopic (exact) mass is 565 g/mol. The van der Waals surface area contributed by atoms with Gasteiger partial charge in [0.2, 0.25) is 0 Å². The fourth-order valence-corrected chi connectivity index (χ4v) is 5.46. The molecule has 0 amide bonds. The van der Waals surface area contributed by atoms with Crippen molar-refractivity contribution in [3.63, 3.8) is 0 Å². The van der Waals surface area contributed by atoms with Crippen LogP contribution in [-0.2, 0) is 0 Å². The molecule has 38 heavy (non-hydrogen) atoms. The molecule has 0 aliphatic rings. The molecule has 4 N–H and O–H groups in total.